The molecule has 1 aliphatic carbocycles. The van der Waals surface area contributed by atoms with Crippen LogP contribution in [0, 0.1) is 0 Å². The van der Waals surface area contributed by atoms with Gasteiger partial charge in [0.05, 0.1) is 11.1 Å². The normalized spacial score (nSPS) is 24.9. The number of carbonyl (C=O) groups is 2. The zero-order valence-electron chi connectivity index (χ0n) is 16.2. The van der Waals surface area contributed by atoms with Crippen LogP contribution in [0.4, 0.5) is 13.2 Å². The van der Waals surface area contributed by atoms with E-state index in [0.717, 1.165) is 12.1 Å². The summed E-state index contributed by atoms with van der Waals surface area (Å²) in [5, 5.41) is 2.99. The summed E-state index contributed by atoms with van der Waals surface area (Å²) in [4.78, 5) is 26.0. The van der Waals surface area contributed by atoms with Gasteiger partial charge in [0.25, 0.3) is 0 Å². The first kappa shape index (κ1) is 21.0. The second kappa shape index (κ2) is 7.63. The molecule has 2 atom stereocenters. The first-order valence-corrected chi connectivity index (χ1v) is 9.32. The fourth-order valence-electron chi connectivity index (χ4n) is 3.91. The van der Waals surface area contributed by atoms with E-state index >= 15 is 0 Å². The molecule has 1 N–H and O–H groups in total. The minimum atomic E-state index is -4.46. The second-order valence-corrected chi connectivity index (χ2v) is 7.40. The molecule has 0 bridgehead atoms. The molecule has 3 rings (SSSR count). The van der Waals surface area contributed by atoms with Crippen molar-refractivity contribution in [3.8, 4) is 0 Å². The Morgan fingerprint density at radius 2 is 1.66 bits per heavy atom. The molecule has 1 saturated carbocycles. The van der Waals surface area contributed by atoms with Gasteiger partial charge in [0, 0.05) is 0 Å². The maximum atomic E-state index is 13.5. The average Bonchev–Trinajstić information content (AvgIpc) is 2.70. The van der Waals surface area contributed by atoms with Gasteiger partial charge in [-0.15, -0.1) is 0 Å². The van der Waals surface area contributed by atoms with Crippen LogP contribution in [-0.2, 0) is 21.2 Å². The molecule has 1 aliphatic rings. The Morgan fingerprint density at radius 3 is 2.21 bits per heavy atom. The van der Waals surface area contributed by atoms with Gasteiger partial charge in [-0.2, -0.15) is 13.2 Å². The molecule has 2 aromatic carbocycles. The number of nitrogens with one attached hydrogen (secondary N) is 1. The van der Waals surface area contributed by atoms with Crippen LogP contribution in [-0.4, -0.2) is 24.4 Å². The fraction of sp³-hybridized carbons (Fsp3) is 0.364. The Hall–Kier alpha value is -2.67. The van der Waals surface area contributed by atoms with Crippen LogP contribution >= 0.6 is 0 Å². The quantitative estimate of drug-likeness (QED) is 0.762. The van der Waals surface area contributed by atoms with Gasteiger partial charge >= 0.3 is 12.1 Å². The third-order valence-electron chi connectivity index (χ3n) is 5.53. The summed E-state index contributed by atoms with van der Waals surface area (Å²) in [7, 11) is 1.58. The second-order valence-electron chi connectivity index (χ2n) is 7.40. The van der Waals surface area contributed by atoms with E-state index in [-0.39, 0.29) is 5.78 Å². The largest absolute Gasteiger partial charge is 0.448 e. The number of carbonyl (C=O) groups excluding carboxylic acids is 2. The smallest absolute Gasteiger partial charge is 0.416 e. The lowest BCUT2D eigenvalue weighted by Crippen LogP contribution is -2.60. The number of ether oxygens (including phenoxy) is 1. The van der Waals surface area contributed by atoms with Crippen molar-refractivity contribution < 1.29 is 27.5 Å². The SMILES string of the molecule is CN[C@@]1(c2ccc(C(F)(F)F)cc2)CCC[C@](C)(OC(=O)c2ccccc2)C1=O. The molecule has 7 heteroatoms. The number of alkyl halides is 3. The topological polar surface area (TPSA) is 55.4 Å². The van der Waals surface area contributed by atoms with Gasteiger partial charge in [-0.3, -0.25) is 4.79 Å². The standard InChI is InChI=1S/C22H22F3NO3/c1-20(29-18(27)15-7-4-3-5-8-15)13-6-14-21(26-2,19(20)28)16-9-11-17(12-10-16)22(23,24)25/h3-5,7-12,26H,6,13-14H2,1-2H3/t20-,21+/m0/s1. The van der Waals surface area contributed by atoms with Gasteiger partial charge in [0.1, 0.15) is 5.54 Å². The number of rotatable bonds is 4. The maximum Gasteiger partial charge on any atom is 0.416 e. The lowest BCUT2D eigenvalue weighted by atomic mass is 9.69. The van der Waals surface area contributed by atoms with Crippen LogP contribution in [0.1, 0.15) is 47.7 Å². The first-order chi connectivity index (χ1) is 13.6. The van der Waals surface area contributed by atoms with Crippen molar-refractivity contribution in [2.45, 2.75) is 43.5 Å². The van der Waals surface area contributed by atoms with Gasteiger partial charge in [-0.05, 0) is 63.1 Å². The number of ketones is 1. The average molecular weight is 405 g/mol. The van der Waals surface area contributed by atoms with E-state index in [1.165, 1.54) is 12.1 Å². The van der Waals surface area contributed by atoms with Gasteiger partial charge < -0.3 is 10.1 Å². The van der Waals surface area contributed by atoms with Crippen molar-refractivity contribution in [1.29, 1.82) is 0 Å². The molecule has 29 heavy (non-hydrogen) atoms. The van der Waals surface area contributed by atoms with E-state index in [0.29, 0.717) is 30.4 Å². The zero-order valence-corrected chi connectivity index (χ0v) is 16.2. The molecule has 154 valence electrons. The van der Waals surface area contributed by atoms with E-state index in [9.17, 15) is 22.8 Å². The van der Waals surface area contributed by atoms with Crippen molar-refractivity contribution in [3.05, 3.63) is 71.3 Å². The lowest BCUT2D eigenvalue weighted by Gasteiger charge is -2.44. The molecule has 0 unspecified atom stereocenters. The Bertz CT molecular complexity index is 896. The molecular formula is C22H22F3NO3. The van der Waals surface area contributed by atoms with E-state index < -0.39 is 28.8 Å². The molecule has 4 nitrogen and oxygen atoms in total. The maximum absolute atomic E-state index is 13.5. The minimum absolute atomic E-state index is 0.330. The highest BCUT2D eigenvalue weighted by molar-refractivity contribution is 6.00. The van der Waals surface area contributed by atoms with Crippen LogP contribution in [0.2, 0.25) is 0 Å². The molecule has 0 radical (unpaired) electrons. The predicted molar refractivity (Wildman–Crippen MR) is 101 cm³/mol. The predicted octanol–water partition coefficient (Wildman–Crippen LogP) is 4.49. The summed E-state index contributed by atoms with van der Waals surface area (Å²) in [6.45, 7) is 1.56. The third-order valence-corrected chi connectivity index (χ3v) is 5.53. The van der Waals surface area contributed by atoms with Crippen LogP contribution < -0.4 is 5.32 Å². The van der Waals surface area contributed by atoms with Crippen molar-refractivity contribution in [2.75, 3.05) is 7.05 Å². The molecule has 0 aromatic heterocycles. The molecule has 0 amide bonds. The van der Waals surface area contributed by atoms with Crippen molar-refractivity contribution in [2.24, 2.45) is 0 Å². The van der Waals surface area contributed by atoms with Crippen LogP contribution in [0.15, 0.2) is 54.6 Å². The van der Waals surface area contributed by atoms with Crippen LogP contribution in [0.3, 0.4) is 0 Å². The van der Waals surface area contributed by atoms with Crippen LogP contribution in [0.25, 0.3) is 0 Å². The molecule has 0 heterocycles. The number of likely N-dealkylation sites (N-methyl/N-ethyl adjacent to an activating group) is 1. The number of Topliss-reactive ketones (excluding diaryl/α,β-unsaturated/α-hetero) is 1. The Labute approximate surface area is 167 Å². The first-order valence-electron chi connectivity index (χ1n) is 9.32. The molecule has 0 spiro atoms. The minimum Gasteiger partial charge on any atom is -0.448 e. The van der Waals surface area contributed by atoms with Crippen molar-refractivity contribution in [3.63, 3.8) is 0 Å². The summed E-state index contributed by atoms with van der Waals surface area (Å²) < 4.78 is 44.3. The Morgan fingerprint density at radius 1 is 1.03 bits per heavy atom. The number of halogens is 3. The van der Waals surface area contributed by atoms with Gasteiger partial charge in [0.15, 0.2) is 5.60 Å². The fourth-order valence-corrected chi connectivity index (χ4v) is 3.91. The summed E-state index contributed by atoms with van der Waals surface area (Å²) >= 11 is 0. The number of esters is 1. The van der Waals surface area contributed by atoms with Crippen molar-refractivity contribution >= 4 is 11.8 Å². The summed E-state index contributed by atoms with van der Waals surface area (Å²) in [5.74, 6) is -0.983. The molecule has 0 saturated heterocycles. The molecule has 2 aromatic rings. The summed E-state index contributed by atoms with van der Waals surface area (Å²) in [6.07, 6.45) is -3.16. The van der Waals surface area contributed by atoms with E-state index in [1.54, 1.807) is 44.3 Å². The highest BCUT2D eigenvalue weighted by Gasteiger charge is 2.53. The number of hydrogen-bond acceptors (Lipinski definition) is 4. The number of hydrogen-bond donors (Lipinski definition) is 1. The summed E-state index contributed by atoms with van der Waals surface area (Å²) in [5.41, 5.74) is -2.66. The third kappa shape index (κ3) is 3.92. The highest BCUT2D eigenvalue weighted by atomic mass is 19.4. The monoisotopic (exact) mass is 405 g/mol. The highest BCUT2D eigenvalue weighted by Crippen LogP contribution is 2.41. The van der Waals surface area contributed by atoms with Gasteiger partial charge in [-0.25, -0.2) is 4.79 Å². The van der Waals surface area contributed by atoms with E-state index in [1.807, 2.05) is 0 Å². The Kier molecular flexibility index (Phi) is 5.54. The molecule has 1 fully saturated rings. The Balaban J connectivity index is 1.92. The van der Waals surface area contributed by atoms with Crippen molar-refractivity contribution in [1.82, 2.24) is 5.32 Å². The number of benzene rings is 2. The van der Waals surface area contributed by atoms with Crippen LogP contribution in [0.5, 0.6) is 0 Å². The summed E-state index contributed by atoms with van der Waals surface area (Å²) in [6, 6.07) is 12.9. The van der Waals surface area contributed by atoms with E-state index in [4.69, 9.17) is 4.74 Å². The zero-order chi connectivity index (χ0) is 21.3. The molecule has 0 aliphatic heterocycles. The molecular weight excluding hydrogens is 383 g/mol. The van der Waals surface area contributed by atoms with Gasteiger partial charge in [0.2, 0.25) is 5.78 Å². The lowest BCUT2D eigenvalue weighted by molar-refractivity contribution is -0.149. The van der Waals surface area contributed by atoms with Gasteiger partial charge in [-0.1, -0.05) is 30.3 Å². The van der Waals surface area contributed by atoms with E-state index in [2.05, 4.69) is 5.32 Å².